The zero-order valence-corrected chi connectivity index (χ0v) is 14.5. The second-order valence-electron chi connectivity index (χ2n) is 4.49. The number of aliphatic carboxylic acids is 2. The van der Waals surface area contributed by atoms with Gasteiger partial charge in [-0.3, -0.25) is 4.79 Å². The number of ether oxygens (including phenoxy) is 2. The third-order valence-electron chi connectivity index (χ3n) is 2.90. The number of carboxylic acid groups (broad SMARTS) is 2. The van der Waals surface area contributed by atoms with Gasteiger partial charge >= 0.3 is 17.8 Å². The second-order valence-corrected chi connectivity index (χ2v) is 5.31. The maximum absolute atomic E-state index is 11.4. The largest absolute Gasteiger partial charge is 0.497 e. The molecular formula is C16H17NO7S. The van der Waals surface area contributed by atoms with E-state index in [0.29, 0.717) is 17.1 Å². The van der Waals surface area contributed by atoms with Gasteiger partial charge in [0.15, 0.2) is 0 Å². The molecule has 9 heteroatoms. The van der Waals surface area contributed by atoms with Crippen LogP contribution in [0.25, 0.3) is 6.08 Å². The van der Waals surface area contributed by atoms with Crippen LogP contribution in [0.15, 0.2) is 34.9 Å². The van der Waals surface area contributed by atoms with E-state index in [4.69, 9.17) is 14.6 Å². The number of allylic oxidation sites excluding steroid dienone is 1. The zero-order valence-electron chi connectivity index (χ0n) is 13.7. The number of methoxy groups -OCH3 is 2. The van der Waals surface area contributed by atoms with Crippen LogP contribution in [-0.4, -0.2) is 48.5 Å². The molecule has 0 aliphatic carbocycles. The topological polar surface area (TPSA) is 122 Å². The van der Waals surface area contributed by atoms with Crippen LogP contribution in [0.1, 0.15) is 5.56 Å². The highest BCUT2D eigenvalue weighted by Crippen LogP contribution is 2.24. The smallest absolute Gasteiger partial charge is 0.394 e. The molecular weight excluding hydrogens is 350 g/mol. The van der Waals surface area contributed by atoms with Crippen LogP contribution in [0.5, 0.6) is 11.5 Å². The minimum absolute atomic E-state index is 0.144. The summed E-state index contributed by atoms with van der Waals surface area (Å²) in [4.78, 5) is 33.2. The maximum atomic E-state index is 11.4. The molecule has 0 saturated carbocycles. The van der Waals surface area contributed by atoms with Crippen LogP contribution in [0.3, 0.4) is 0 Å². The minimum Gasteiger partial charge on any atom is -0.497 e. The van der Waals surface area contributed by atoms with Gasteiger partial charge in [0, 0.05) is 6.07 Å². The molecule has 0 spiro atoms. The Hall–Kier alpha value is -2.94. The molecule has 0 fully saturated rings. The van der Waals surface area contributed by atoms with E-state index in [2.05, 4.69) is 5.32 Å². The van der Waals surface area contributed by atoms with Crippen molar-refractivity contribution < 1.29 is 34.1 Å². The van der Waals surface area contributed by atoms with Gasteiger partial charge in [-0.25, -0.2) is 9.59 Å². The van der Waals surface area contributed by atoms with Crippen molar-refractivity contribution in [3.05, 3.63) is 40.4 Å². The molecule has 0 aliphatic heterocycles. The molecule has 0 saturated heterocycles. The average Bonchev–Trinajstić information content (AvgIpc) is 2.58. The standard InChI is InChI=1S/C16H17NO7S/c1-23-10-6-9(7-11(8-10)24-2)4-5-12(13(25-3)15(19)20)17-14(18)16(21)22/h4-8H,1-3H3,(H,17,18)(H,19,20)(H,21,22)/b5-4+,13-12+. The van der Waals surface area contributed by atoms with Crippen molar-refractivity contribution in [3.63, 3.8) is 0 Å². The highest BCUT2D eigenvalue weighted by molar-refractivity contribution is 8.03. The lowest BCUT2D eigenvalue weighted by Gasteiger charge is -2.08. The van der Waals surface area contributed by atoms with Crippen molar-refractivity contribution in [1.29, 1.82) is 0 Å². The molecule has 1 rings (SSSR count). The molecule has 25 heavy (non-hydrogen) atoms. The molecule has 1 amide bonds. The number of amides is 1. The minimum atomic E-state index is -1.72. The normalized spacial score (nSPS) is 11.6. The Morgan fingerprint density at radius 3 is 2.00 bits per heavy atom. The number of thioether (sulfide) groups is 1. The van der Waals surface area contributed by atoms with Gasteiger partial charge in [0.1, 0.15) is 16.4 Å². The highest BCUT2D eigenvalue weighted by atomic mass is 32.2. The van der Waals surface area contributed by atoms with Crippen molar-refractivity contribution in [2.24, 2.45) is 0 Å². The monoisotopic (exact) mass is 367 g/mol. The molecule has 0 radical (unpaired) electrons. The van der Waals surface area contributed by atoms with Gasteiger partial charge in [0.05, 0.1) is 19.9 Å². The average molecular weight is 367 g/mol. The van der Waals surface area contributed by atoms with Crippen LogP contribution in [-0.2, 0) is 14.4 Å². The molecule has 8 nitrogen and oxygen atoms in total. The summed E-state index contributed by atoms with van der Waals surface area (Å²) in [5.41, 5.74) is 0.457. The fourth-order valence-electron chi connectivity index (χ4n) is 1.77. The van der Waals surface area contributed by atoms with Gasteiger partial charge in [-0.2, -0.15) is 0 Å². The number of hydrogen-bond donors (Lipinski definition) is 3. The van der Waals surface area contributed by atoms with Crippen LogP contribution in [0, 0.1) is 0 Å². The van der Waals surface area contributed by atoms with Crippen LogP contribution >= 0.6 is 11.8 Å². The number of benzene rings is 1. The summed E-state index contributed by atoms with van der Waals surface area (Å²) in [6, 6.07) is 4.98. The lowest BCUT2D eigenvalue weighted by atomic mass is 10.1. The second kappa shape index (κ2) is 9.38. The molecule has 0 aromatic heterocycles. The summed E-state index contributed by atoms with van der Waals surface area (Å²) in [5.74, 6) is -3.32. The predicted molar refractivity (Wildman–Crippen MR) is 92.5 cm³/mol. The summed E-state index contributed by atoms with van der Waals surface area (Å²) < 4.78 is 10.3. The van der Waals surface area contributed by atoms with Crippen LogP contribution < -0.4 is 14.8 Å². The third kappa shape index (κ3) is 5.88. The first-order chi connectivity index (χ1) is 11.8. The Labute approximate surface area is 148 Å². The molecule has 0 heterocycles. The number of carboxylic acids is 2. The number of hydrogen-bond acceptors (Lipinski definition) is 6. The molecule has 0 aliphatic rings. The Balaban J connectivity index is 3.29. The van der Waals surface area contributed by atoms with Crippen LogP contribution in [0.2, 0.25) is 0 Å². The summed E-state index contributed by atoms with van der Waals surface area (Å²) in [6.07, 6.45) is 4.30. The van der Waals surface area contributed by atoms with Crippen molar-refractivity contribution in [2.45, 2.75) is 0 Å². The zero-order chi connectivity index (χ0) is 19.0. The Bertz CT molecular complexity index is 718. The highest BCUT2D eigenvalue weighted by Gasteiger charge is 2.17. The van der Waals surface area contributed by atoms with Crippen molar-refractivity contribution in [1.82, 2.24) is 5.32 Å². The molecule has 134 valence electrons. The molecule has 0 bridgehead atoms. The number of rotatable bonds is 7. The quantitative estimate of drug-likeness (QED) is 0.377. The number of carbonyl (C=O) groups excluding carboxylic acids is 1. The summed E-state index contributed by atoms with van der Waals surface area (Å²) >= 11 is 0.862. The molecule has 1 aromatic carbocycles. The van der Waals surface area contributed by atoms with Gasteiger partial charge in [-0.1, -0.05) is 6.08 Å². The molecule has 0 atom stereocenters. The van der Waals surface area contributed by atoms with E-state index >= 15 is 0 Å². The Morgan fingerprint density at radius 1 is 1.04 bits per heavy atom. The van der Waals surface area contributed by atoms with Gasteiger partial charge in [0.25, 0.3) is 0 Å². The third-order valence-corrected chi connectivity index (χ3v) is 3.70. The predicted octanol–water partition coefficient (Wildman–Crippen LogP) is 1.58. The van der Waals surface area contributed by atoms with Crippen LogP contribution in [0.4, 0.5) is 0 Å². The van der Waals surface area contributed by atoms with E-state index in [1.807, 2.05) is 0 Å². The van der Waals surface area contributed by atoms with Crippen molar-refractivity contribution in [3.8, 4) is 11.5 Å². The van der Waals surface area contributed by atoms with Gasteiger partial charge in [-0.15, -0.1) is 11.8 Å². The molecule has 0 unspecified atom stereocenters. The van der Waals surface area contributed by atoms with Gasteiger partial charge in [0.2, 0.25) is 0 Å². The summed E-state index contributed by atoms with van der Waals surface area (Å²) in [7, 11) is 2.97. The Kier molecular flexibility index (Phi) is 7.54. The van der Waals surface area contributed by atoms with E-state index < -0.39 is 17.8 Å². The number of nitrogens with one attached hydrogen (secondary N) is 1. The Morgan fingerprint density at radius 2 is 1.60 bits per heavy atom. The first kappa shape index (κ1) is 20.1. The molecule has 3 N–H and O–H groups in total. The van der Waals surface area contributed by atoms with Gasteiger partial charge < -0.3 is 25.0 Å². The first-order valence-corrected chi connectivity index (χ1v) is 8.01. The van der Waals surface area contributed by atoms with E-state index in [9.17, 15) is 19.5 Å². The van der Waals surface area contributed by atoms with Crippen molar-refractivity contribution in [2.75, 3.05) is 20.5 Å². The summed E-state index contributed by atoms with van der Waals surface area (Å²) in [6.45, 7) is 0. The maximum Gasteiger partial charge on any atom is 0.394 e. The SMILES string of the molecule is COc1cc(/C=C/C(NC(=O)C(=O)O)=C(\SC)C(=O)O)cc(OC)c1. The van der Waals surface area contributed by atoms with E-state index in [-0.39, 0.29) is 10.6 Å². The number of carbonyl (C=O) groups is 3. The van der Waals surface area contributed by atoms with Gasteiger partial charge in [-0.05, 0) is 30.0 Å². The first-order valence-electron chi connectivity index (χ1n) is 6.79. The summed E-state index contributed by atoms with van der Waals surface area (Å²) in [5, 5.41) is 20.0. The van der Waals surface area contributed by atoms with E-state index in [1.54, 1.807) is 18.2 Å². The van der Waals surface area contributed by atoms with E-state index in [1.165, 1.54) is 32.6 Å². The fraction of sp³-hybridized carbons (Fsp3) is 0.188. The van der Waals surface area contributed by atoms with Crippen molar-refractivity contribution >= 4 is 35.7 Å². The molecule has 1 aromatic rings. The lowest BCUT2D eigenvalue weighted by Crippen LogP contribution is -2.30. The lowest BCUT2D eigenvalue weighted by molar-refractivity contribution is -0.149. The van der Waals surface area contributed by atoms with E-state index in [0.717, 1.165) is 11.8 Å². The fourth-order valence-corrected chi connectivity index (χ4v) is 2.28.